The number of aromatic nitrogens is 2. The van der Waals surface area contributed by atoms with Gasteiger partial charge in [-0.1, -0.05) is 32.0 Å². The number of hydrogen-bond donors (Lipinski definition) is 1. The van der Waals surface area contributed by atoms with Crippen molar-refractivity contribution in [3.05, 3.63) is 58.7 Å². The van der Waals surface area contributed by atoms with Gasteiger partial charge in [-0.25, -0.2) is 9.97 Å². The first kappa shape index (κ1) is 16.6. The molecule has 1 atom stereocenters. The normalized spacial score (nSPS) is 15.0. The lowest BCUT2D eigenvalue weighted by atomic mass is 9.89. The number of rotatable bonds is 4. The fraction of sp³-hybridized carbons (Fsp3) is 0.450. The average Bonchev–Trinajstić information content (AvgIpc) is 2.61. The molecule has 0 fully saturated rings. The summed E-state index contributed by atoms with van der Waals surface area (Å²) in [5, 5.41) is 3.10. The number of benzene rings is 1. The van der Waals surface area contributed by atoms with Crippen molar-refractivity contribution in [1.82, 2.24) is 15.3 Å². The minimum atomic E-state index is -0.107. The molecular weight excluding hydrogens is 298 g/mol. The zero-order chi connectivity index (χ0) is 17.1. The van der Waals surface area contributed by atoms with E-state index in [2.05, 4.69) is 33.5 Å². The van der Waals surface area contributed by atoms with Crippen LogP contribution in [0.4, 0.5) is 0 Å². The number of nitrogens with one attached hydrogen (secondary N) is 1. The van der Waals surface area contributed by atoms with E-state index in [0.717, 1.165) is 17.7 Å². The first-order chi connectivity index (χ1) is 11.6. The molecule has 4 nitrogen and oxygen atoms in total. The van der Waals surface area contributed by atoms with Gasteiger partial charge >= 0.3 is 0 Å². The van der Waals surface area contributed by atoms with E-state index in [1.807, 2.05) is 20.8 Å². The van der Waals surface area contributed by atoms with Crippen LogP contribution in [-0.4, -0.2) is 15.9 Å². The number of carbonyl (C=O) groups is 1. The van der Waals surface area contributed by atoms with Gasteiger partial charge in [0.1, 0.15) is 6.33 Å². The molecule has 0 spiro atoms. The van der Waals surface area contributed by atoms with Crippen LogP contribution in [0.5, 0.6) is 0 Å². The maximum absolute atomic E-state index is 12.7. The summed E-state index contributed by atoms with van der Waals surface area (Å²) in [6, 6.07) is 6.58. The van der Waals surface area contributed by atoms with E-state index in [-0.39, 0.29) is 17.9 Å². The Balaban J connectivity index is 1.77. The second kappa shape index (κ2) is 7.12. The van der Waals surface area contributed by atoms with Crippen LogP contribution < -0.4 is 5.32 Å². The van der Waals surface area contributed by atoms with Crippen molar-refractivity contribution in [1.29, 1.82) is 0 Å². The highest BCUT2D eigenvalue weighted by atomic mass is 16.1. The van der Waals surface area contributed by atoms with Crippen molar-refractivity contribution in [2.45, 2.75) is 58.4 Å². The second-order valence-electron chi connectivity index (χ2n) is 6.91. The SMILES string of the molecule is CC(C)c1ncncc1C(=O)NC(C)c1ccc2c(c1)CCCC2. The summed E-state index contributed by atoms with van der Waals surface area (Å²) in [6.07, 6.45) is 7.97. The smallest absolute Gasteiger partial charge is 0.255 e. The fourth-order valence-corrected chi connectivity index (χ4v) is 3.35. The molecule has 1 aliphatic rings. The third kappa shape index (κ3) is 3.48. The highest BCUT2D eigenvalue weighted by molar-refractivity contribution is 5.95. The summed E-state index contributed by atoms with van der Waals surface area (Å²) >= 11 is 0. The standard InChI is InChI=1S/C20H25N3O/c1-13(2)19-18(11-21-12-22-19)20(24)23-14(3)16-9-8-15-6-4-5-7-17(15)10-16/h8-14H,4-7H2,1-3H3,(H,23,24). The van der Waals surface area contributed by atoms with Gasteiger partial charge in [-0.05, 0) is 55.2 Å². The van der Waals surface area contributed by atoms with Gasteiger partial charge in [0.15, 0.2) is 0 Å². The molecule has 4 heteroatoms. The Hall–Kier alpha value is -2.23. The molecule has 0 saturated heterocycles. The van der Waals surface area contributed by atoms with Crippen LogP contribution in [0.15, 0.2) is 30.7 Å². The van der Waals surface area contributed by atoms with E-state index in [4.69, 9.17) is 0 Å². The van der Waals surface area contributed by atoms with Gasteiger partial charge < -0.3 is 5.32 Å². The minimum Gasteiger partial charge on any atom is -0.345 e. The molecule has 1 unspecified atom stereocenters. The Labute approximate surface area is 143 Å². The Kier molecular flexibility index (Phi) is 4.93. The predicted octanol–water partition coefficient (Wildman–Crippen LogP) is 3.97. The van der Waals surface area contributed by atoms with Crippen LogP contribution in [0.2, 0.25) is 0 Å². The quantitative estimate of drug-likeness (QED) is 0.926. The molecule has 0 bridgehead atoms. The lowest BCUT2D eigenvalue weighted by Gasteiger charge is -2.20. The maximum atomic E-state index is 12.7. The van der Waals surface area contributed by atoms with Crippen LogP contribution in [0.25, 0.3) is 0 Å². The van der Waals surface area contributed by atoms with E-state index in [9.17, 15) is 4.79 Å². The third-order valence-electron chi connectivity index (χ3n) is 4.75. The number of aryl methyl sites for hydroxylation is 2. The monoisotopic (exact) mass is 323 g/mol. The molecule has 1 heterocycles. The van der Waals surface area contributed by atoms with Gasteiger partial charge in [0, 0.05) is 6.20 Å². The van der Waals surface area contributed by atoms with E-state index in [1.165, 1.54) is 36.7 Å². The second-order valence-corrected chi connectivity index (χ2v) is 6.91. The van der Waals surface area contributed by atoms with Crippen LogP contribution in [-0.2, 0) is 12.8 Å². The lowest BCUT2D eigenvalue weighted by Crippen LogP contribution is -2.28. The molecule has 1 aromatic carbocycles. The summed E-state index contributed by atoms with van der Waals surface area (Å²) in [5.41, 5.74) is 5.41. The van der Waals surface area contributed by atoms with Crippen LogP contribution >= 0.6 is 0 Å². The van der Waals surface area contributed by atoms with Gasteiger partial charge in [-0.2, -0.15) is 0 Å². The lowest BCUT2D eigenvalue weighted by molar-refractivity contribution is 0.0937. The van der Waals surface area contributed by atoms with Crippen molar-refractivity contribution >= 4 is 5.91 Å². The summed E-state index contributed by atoms with van der Waals surface area (Å²) in [4.78, 5) is 20.9. The molecule has 3 rings (SSSR count). The van der Waals surface area contributed by atoms with E-state index >= 15 is 0 Å². The van der Waals surface area contributed by atoms with Crippen molar-refractivity contribution in [3.8, 4) is 0 Å². The number of amides is 1. The Morgan fingerprint density at radius 2 is 1.88 bits per heavy atom. The maximum Gasteiger partial charge on any atom is 0.255 e. The van der Waals surface area contributed by atoms with Crippen LogP contribution in [0.3, 0.4) is 0 Å². The molecule has 126 valence electrons. The van der Waals surface area contributed by atoms with Crippen molar-refractivity contribution in [3.63, 3.8) is 0 Å². The topological polar surface area (TPSA) is 54.9 Å². The first-order valence-corrected chi connectivity index (χ1v) is 8.78. The molecule has 0 radical (unpaired) electrons. The molecule has 0 aliphatic heterocycles. The Morgan fingerprint density at radius 3 is 2.62 bits per heavy atom. The summed E-state index contributed by atoms with van der Waals surface area (Å²) in [7, 11) is 0. The Morgan fingerprint density at radius 1 is 1.12 bits per heavy atom. The molecule has 2 aromatic rings. The summed E-state index contributed by atoms with van der Waals surface area (Å²) in [5.74, 6) is 0.0809. The third-order valence-corrected chi connectivity index (χ3v) is 4.75. The van der Waals surface area contributed by atoms with Crippen molar-refractivity contribution in [2.24, 2.45) is 0 Å². The molecule has 0 saturated carbocycles. The van der Waals surface area contributed by atoms with Crippen molar-refractivity contribution < 1.29 is 4.79 Å². The highest BCUT2D eigenvalue weighted by Crippen LogP contribution is 2.25. The van der Waals surface area contributed by atoms with Gasteiger partial charge in [0.2, 0.25) is 0 Å². The fourth-order valence-electron chi connectivity index (χ4n) is 3.35. The zero-order valence-corrected chi connectivity index (χ0v) is 14.7. The number of carbonyl (C=O) groups excluding carboxylic acids is 1. The molecule has 1 N–H and O–H groups in total. The molecule has 1 aliphatic carbocycles. The number of hydrogen-bond acceptors (Lipinski definition) is 3. The van der Waals surface area contributed by atoms with Gasteiger partial charge in [0.05, 0.1) is 17.3 Å². The zero-order valence-electron chi connectivity index (χ0n) is 14.7. The number of nitrogens with zero attached hydrogens (tertiary/aromatic N) is 2. The van der Waals surface area contributed by atoms with E-state index < -0.39 is 0 Å². The predicted molar refractivity (Wildman–Crippen MR) is 95.1 cm³/mol. The molecule has 1 amide bonds. The van der Waals surface area contributed by atoms with Gasteiger partial charge in [-0.15, -0.1) is 0 Å². The number of fused-ring (bicyclic) bond motifs is 1. The van der Waals surface area contributed by atoms with Crippen molar-refractivity contribution in [2.75, 3.05) is 0 Å². The molecule has 24 heavy (non-hydrogen) atoms. The highest BCUT2D eigenvalue weighted by Gasteiger charge is 2.19. The molecule has 1 aromatic heterocycles. The van der Waals surface area contributed by atoms with Crippen LogP contribution in [0, 0.1) is 0 Å². The van der Waals surface area contributed by atoms with Gasteiger partial charge in [0.25, 0.3) is 5.91 Å². The van der Waals surface area contributed by atoms with E-state index in [1.54, 1.807) is 6.20 Å². The average molecular weight is 323 g/mol. The first-order valence-electron chi connectivity index (χ1n) is 8.78. The molecular formula is C20H25N3O. The minimum absolute atomic E-state index is 0.0371. The summed E-state index contributed by atoms with van der Waals surface area (Å²) < 4.78 is 0. The Bertz CT molecular complexity index is 739. The largest absolute Gasteiger partial charge is 0.345 e. The van der Waals surface area contributed by atoms with Crippen LogP contribution in [0.1, 0.15) is 78.3 Å². The van der Waals surface area contributed by atoms with E-state index in [0.29, 0.717) is 5.56 Å². The summed E-state index contributed by atoms with van der Waals surface area (Å²) in [6.45, 7) is 6.10. The van der Waals surface area contributed by atoms with Gasteiger partial charge in [-0.3, -0.25) is 4.79 Å².